The van der Waals surface area contributed by atoms with Crippen LogP contribution in [-0.4, -0.2) is 20.3 Å². The van der Waals surface area contributed by atoms with Gasteiger partial charge in [-0.15, -0.1) is 0 Å². The zero-order chi connectivity index (χ0) is 11.3. The van der Waals surface area contributed by atoms with Gasteiger partial charge in [-0.25, -0.2) is 8.78 Å². The number of methoxy groups -OCH3 is 1. The molecular formula is C10H13F2NO2. The van der Waals surface area contributed by atoms with E-state index in [2.05, 4.69) is 0 Å². The Bertz CT molecular complexity index is 331. The van der Waals surface area contributed by atoms with Crippen LogP contribution in [0.15, 0.2) is 12.1 Å². The number of halogens is 2. The second kappa shape index (κ2) is 5.63. The highest BCUT2D eigenvalue weighted by Crippen LogP contribution is 2.21. The summed E-state index contributed by atoms with van der Waals surface area (Å²) in [4.78, 5) is 0. The fourth-order valence-electron chi connectivity index (χ4n) is 1.07. The van der Waals surface area contributed by atoms with E-state index in [0.717, 1.165) is 6.07 Å². The highest BCUT2D eigenvalue weighted by atomic mass is 19.1. The van der Waals surface area contributed by atoms with Gasteiger partial charge in [-0.1, -0.05) is 0 Å². The van der Waals surface area contributed by atoms with Crippen molar-refractivity contribution in [3.05, 3.63) is 29.3 Å². The van der Waals surface area contributed by atoms with Crippen LogP contribution in [0.25, 0.3) is 0 Å². The molecule has 0 unspecified atom stereocenters. The molecule has 2 N–H and O–H groups in total. The van der Waals surface area contributed by atoms with E-state index in [1.807, 2.05) is 0 Å². The van der Waals surface area contributed by atoms with E-state index in [9.17, 15) is 8.78 Å². The predicted octanol–water partition coefficient (Wildman–Crippen LogP) is 1.45. The van der Waals surface area contributed by atoms with Crippen molar-refractivity contribution >= 4 is 0 Å². The molecule has 1 rings (SSSR count). The number of hydrogen-bond acceptors (Lipinski definition) is 3. The molecule has 84 valence electrons. The van der Waals surface area contributed by atoms with Crippen molar-refractivity contribution in [2.45, 2.75) is 6.54 Å². The highest BCUT2D eigenvalue weighted by Gasteiger charge is 2.09. The monoisotopic (exact) mass is 217 g/mol. The Morgan fingerprint density at radius 2 is 1.93 bits per heavy atom. The lowest BCUT2D eigenvalue weighted by atomic mass is 10.2. The third-order valence-electron chi connectivity index (χ3n) is 1.87. The largest absolute Gasteiger partial charge is 0.488 e. The number of hydrogen-bond donors (Lipinski definition) is 1. The van der Waals surface area contributed by atoms with Gasteiger partial charge in [0.2, 0.25) is 0 Å². The van der Waals surface area contributed by atoms with E-state index in [1.165, 1.54) is 13.2 Å². The molecule has 0 amide bonds. The van der Waals surface area contributed by atoms with Gasteiger partial charge in [0, 0.05) is 25.3 Å². The molecule has 0 aliphatic rings. The summed E-state index contributed by atoms with van der Waals surface area (Å²) in [6.45, 7) is 0.560. The lowest BCUT2D eigenvalue weighted by Crippen LogP contribution is -2.07. The summed E-state index contributed by atoms with van der Waals surface area (Å²) in [5.74, 6) is -1.40. The first kappa shape index (κ1) is 11.9. The minimum atomic E-state index is -0.735. The summed E-state index contributed by atoms with van der Waals surface area (Å²) >= 11 is 0. The fraction of sp³-hybridized carbons (Fsp3) is 0.400. The number of ether oxygens (including phenoxy) is 2. The molecule has 0 bridgehead atoms. The number of nitrogens with two attached hydrogens (primary N) is 1. The van der Waals surface area contributed by atoms with Gasteiger partial charge in [0.1, 0.15) is 12.4 Å². The average Bonchev–Trinajstić information content (AvgIpc) is 2.21. The van der Waals surface area contributed by atoms with Gasteiger partial charge in [0.25, 0.3) is 0 Å². The molecule has 1 aromatic rings. The van der Waals surface area contributed by atoms with Gasteiger partial charge in [-0.2, -0.15) is 0 Å². The lowest BCUT2D eigenvalue weighted by molar-refractivity contribution is 0.143. The minimum Gasteiger partial charge on any atom is -0.488 e. The lowest BCUT2D eigenvalue weighted by Gasteiger charge is -2.08. The van der Waals surface area contributed by atoms with Crippen LogP contribution in [-0.2, 0) is 11.3 Å². The van der Waals surface area contributed by atoms with Crippen LogP contribution in [0.2, 0.25) is 0 Å². The molecule has 0 aliphatic heterocycles. The van der Waals surface area contributed by atoms with E-state index < -0.39 is 11.6 Å². The standard InChI is InChI=1S/C10H13F2NO2/c1-14-2-3-15-10-4-7(6-13)8(11)5-9(10)12/h4-5H,2-3,6,13H2,1H3. The number of benzene rings is 1. The van der Waals surface area contributed by atoms with Crippen molar-refractivity contribution < 1.29 is 18.3 Å². The van der Waals surface area contributed by atoms with Crippen LogP contribution in [0.5, 0.6) is 5.75 Å². The first-order valence-electron chi connectivity index (χ1n) is 4.48. The molecule has 0 heterocycles. The van der Waals surface area contributed by atoms with Crippen molar-refractivity contribution in [1.82, 2.24) is 0 Å². The van der Waals surface area contributed by atoms with Crippen LogP contribution in [0, 0.1) is 11.6 Å². The van der Waals surface area contributed by atoms with Gasteiger partial charge in [-0.05, 0) is 6.07 Å². The first-order chi connectivity index (χ1) is 7.19. The van der Waals surface area contributed by atoms with E-state index in [0.29, 0.717) is 6.61 Å². The normalized spacial score (nSPS) is 10.4. The second-order valence-electron chi connectivity index (χ2n) is 2.92. The maximum absolute atomic E-state index is 13.1. The number of rotatable bonds is 5. The molecule has 0 spiro atoms. The zero-order valence-corrected chi connectivity index (χ0v) is 8.43. The molecule has 1 aromatic carbocycles. The Hall–Kier alpha value is -1.20. The molecule has 3 nitrogen and oxygen atoms in total. The molecule has 0 saturated carbocycles. The summed E-state index contributed by atoms with van der Waals surface area (Å²) in [6.07, 6.45) is 0. The Balaban J connectivity index is 2.78. The summed E-state index contributed by atoms with van der Waals surface area (Å²) in [7, 11) is 1.51. The summed E-state index contributed by atoms with van der Waals surface area (Å²) in [5, 5.41) is 0. The summed E-state index contributed by atoms with van der Waals surface area (Å²) < 4.78 is 36.0. The summed E-state index contributed by atoms with van der Waals surface area (Å²) in [6, 6.07) is 2.03. The van der Waals surface area contributed by atoms with Crippen LogP contribution >= 0.6 is 0 Å². The topological polar surface area (TPSA) is 44.5 Å². The third kappa shape index (κ3) is 3.14. The molecule has 0 aromatic heterocycles. The van der Waals surface area contributed by atoms with E-state index in [4.69, 9.17) is 15.2 Å². The van der Waals surface area contributed by atoms with Crippen LogP contribution in [0.3, 0.4) is 0 Å². The zero-order valence-electron chi connectivity index (χ0n) is 8.43. The Labute approximate surface area is 86.8 Å². The van der Waals surface area contributed by atoms with E-state index >= 15 is 0 Å². The third-order valence-corrected chi connectivity index (χ3v) is 1.87. The molecule has 5 heteroatoms. The first-order valence-corrected chi connectivity index (χ1v) is 4.48. The van der Waals surface area contributed by atoms with Gasteiger partial charge in [-0.3, -0.25) is 0 Å². The maximum Gasteiger partial charge on any atom is 0.167 e. The maximum atomic E-state index is 13.1. The SMILES string of the molecule is COCCOc1cc(CN)c(F)cc1F. The molecule has 15 heavy (non-hydrogen) atoms. The van der Waals surface area contributed by atoms with Crippen molar-refractivity contribution in [3.8, 4) is 5.75 Å². The predicted molar refractivity (Wildman–Crippen MR) is 51.6 cm³/mol. The summed E-state index contributed by atoms with van der Waals surface area (Å²) in [5.41, 5.74) is 5.51. The fourth-order valence-corrected chi connectivity index (χ4v) is 1.07. The van der Waals surface area contributed by atoms with Crippen LogP contribution < -0.4 is 10.5 Å². The smallest absolute Gasteiger partial charge is 0.167 e. The molecule has 0 radical (unpaired) electrons. The molecule has 0 aliphatic carbocycles. The molecular weight excluding hydrogens is 204 g/mol. The van der Waals surface area contributed by atoms with E-state index in [-0.39, 0.29) is 24.5 Å². The minimum absolute atomic E-state index is 0.00565. The van der Waals surface area contributed by atoms with E-state index in [1.54, 1.807) is 0 Å². The van der Waals surface area contributed by atoms with Crippen LogP contribution in [0.4, 0.5) is 8.78 Å². The molecule has 0 fully saturated rings. The van der Waals surface area contributed by atoms with Crippen molar-refractivity contribution in [1.29, 1.82) is 0 Å². The van der Waals surface area contributed by atoms with Gasteiger partial charge in [0.05, 0.1) is 6.61 Å². The van der Waals surface area contributed by atoms with Gasteiger partial charge in [0.15, 0.2) is 11.6 Å². The van der Waals surface area contributed by atoms with Crippen molar-refractivity contribution in [2.75, 3.05) is 20.3 Å². The van der Waals surface area contributed by atoms with Crippen LogP contribution in [0.1, 0.15) is 5.56 Å². The second-order valence-corrected chi connectivity index (χ2v) is 2.92. The van der Waals surface area contributed by atoms with Crippen molar-refractivity contribution in [2.24, 2.45) is 5.73 Å². The average molecular weight is 217 g/mol. The highest BCUT2D eigenvalue weighted by molar-refractivity contribution is 5.31. The Kier molecular flexibility index (Phi) is 4.45. The quantitative estimate of drug-likeness (QED) is 0.759. The van der Waals surface area contributed by atoms with Crippen molar-refractivity contribution in [3.63, 3.8) is 0 Å². The Morgan fingerprint density at radius 3 is 2.53 bits per heavy atom. The Morgan fingerprint density at radius 1 is 1.20 bits per heavy atom. The molecule has 0 saturated heterocycles. The van der Waals surface area contributed by atoms with Gasteiger partial charge < -0.3 is 15.2 Å². The molecule has 0 atom stereocenters. The van der Waals surface area contributed by atoms with Gasteiger partial charge >= 0.3 is 0 Å².